The van der Waals surface area contributed by atoms with Gasteiger partial charge >= 0.3 is 65.7 Å². The van der Waals surface area contributed by atoms with E-state index in [2.05, 4.69) is 38.4 Å². The zero-order valence-corrected chi connectivity index (χ0v) is 51.1. The number of hydrogen-bond donors (Lipinski definition) is 0. The Kier molecular flexibility index (Phi) is 28.1. The zero-order valence-electron chi connectivity index (χ0n) is 48.0. The van der Waals surface area contributed by atoms with Crippen molar-refractivity contribution in [3.63, 3.8) is 0 Å². The Morgan fingerprint density at radius 1 is 0.542 bits per heavy atom. The Bertz CT molecular complexity index is 2800. The highest BCUT2D eigenvalue weighted by molar-refractivity contribution is 9.10. The Morgan fingerprint density at radius 3 is 1.36 bits per heavy atom. The Labute approximate surface area is 494 Å². The van der Waals surface area contributed by atoms with Crippen molar-refractivity contribution in [3.05, 3.63) is 63.0 Å². The first kappa shape index (κ1) is 71.3. The highest BCUT2D eigenvalue weighted by Crippen LogP contribution is 2.44. The number of carbonyl (C=O) groups excluding carboxylic acids is 13. The molecule has 456 valence electrons. The van der Waals surface area contributed by atoms with Gasteiger partial charge in [0.15, 0.2) is 48.5 Å². The van der Waals surface area contributed by atoms with Crippen LogP contribution in [0.3, 0.4) is 0 Å². The molecule has 3 rings (SSSR count). The van der Waals surface area contributed by atoms with Crippen molar-refractivity contribution in [1.29, 1.82) is 0 Å². The number of esters is 11. The van der Waals surface area contributed by atoms with Gasteiger partial charge in [0.25, 0.3) is 0 Å². The SMILES string of the molecule is C=C(c1cc(Br)ccc1OC(C)=O)N(C[C@H](OC(C)=O)[C@@H](OC(C)=O)[C@H](OC(C)=O)[C@@H](COC(C)=O)OC(C)=O)C(C)=O.CC(=O)OC[C@@H](OC(C)=O)[C@@H](OC(C)=O)[C@H](OC(C)=O)[C@@H]1CN(C(C)=O)[C@](C)(c2cc(Br)ccc2OC(C)=O)O1. The summed E-state index contributed by atoms with van der Waals surface area (Å²) < 4.78 is 65.9. The van der Waals surface area contributed by atoms with Crippen molar-refractivity contribution in [3.8, 4) is 11.5 Å². The predicted molar refractivity (Wildman–Crippen MR) is 289 cm³/mol. The predicted octanol–water partition coefficient (Wildman–Crippen LogP) is 4.64. The van der Waals surface area contributed by atoms with Gasteiger partial charge in [-0.3, -0.25) is 62.3 Å². The molecule has 29 heteroatoms. The van der Waals surface area contributed by atoms with Crippen LogP contribution in [0.5, 0.6) is 11.5 Å². The Hall–Kier alpha value is -7.79. The normalized spacial score (nSPS) is 16.7. The van der Waals surface area contributed by atoms with Gasteiger partial charge in [-0.25, -0.2) is 0 Å². The average molecular weight is 1300 g/mol. The number of benzene rings is 2. The molecule has 0 saturated carbocycles. The molecule has 0 unspecified atom stereocenters. The van der Waals surface area contributed by atoms with Crippen LogP contribution < -0.4 is 9.47 Å². The lowest BCUT2D eigenvalue weighted by Crippen LogP contribution is -2.55. The fourth-order valence-electron chi connectivity index (χ4n) is 8.22. The maximum Gasteiger partial charge on any atom is 0.308 e. The number of amides is 2. The van der Waals surface area contributed by atoms with Crippen molar-refractivity contribution >= 4 is 115 Å². The van der Waals surface area contributed by atoms with E-state index in [4.69, 9.17) is 56.8 Å². The van der Waals surface area contributed by atoms with E-state index >= 15 is 0 Å². The van der Waals surface area contributed by atoms with Crippen molar-refractivity contribution in [2.24, 2.45) is 0 Å². The van der Waals surface area contributed by atoms with E-state index in [0.29, 0.717) is 8.95 Å². The van der Waals surface area contributed by atoms with Crippen molar-refractivity contribution in [2.75, 3.05) is 26.3 Å². The van der Waals surface area contributed by atoms with Gasteiger partial charge in [-0.15, -0.1) is 0 Å². The van der Waals surface area contributed by atoms with E-state index in [1.807, 2.05) is 0 Å². The van der Waals surface area contributed by atoms with Gasteiger partial charge in [-0.1, -0.05) is 38.4 Å². The molecule has 2 aromatic carbocycles. The number of halogens is 2. The van der Waals surface area contributed by atoms with Gasteiger partial charge in [0.05, 0.1) is 13.1 Å². The molecule has 0 aliphatic carbocycles. The lowest BCUT2D eigenvalue weighted by molar-refractivity contribution is -0.205. The molecule has 1 heterocycles. The van der Waals surface area contributed by atoms with Crippen molar-refractivity contribution < 1.29 is 119 Å². The number of nitrogens with zero attached hydrogens (tertiary/aromatic N) is 2. The summed E-state index contributed by atoms with van der Waals surface area (Å²) in [4.78, 5) is 160. The van der Waals surface area contributed by atoms with Crippen LogP contribution in [0.1, 0.15) is 108 Å². The van der Waals surface area contributed by atoms with E-state index in [-0.39, 0.29) is 34.9 Å². The Balaban J connectivity index is 0.000000568. The largest absolute Gasteiger partial charge is 0.462 e. The first-order chi connectivity index (χ1) is 38.5. The molecule has 0 spiro atoms. The van der Waals surface area contributed by atoms with Crippen molar-refractivity contribution in [1.82, 2.24) is 9.80 Å². The number of hydrogen-bond acceptors (Lipinski definition) is 25. The molecule has 1 aliphatic rings. The summed E-state index contributed by atoms with van der Waals surface area (Å²) in [5.74, 6) is -9.65. The molecule has 0 bridgehead atoms. The average Bonchev–Trinajstić information content (AvgIpc) is 3.86. The van der Waals surface area contributed by atoms with Crippen LogP contribution in [0.2, 0.25) is 0 Å². The molecule has 1 aliphatic heterocycles. The molecule has 9 atom stereocenters. The van der Waals surface area contributed by atoms with Gasteiger partial charge in [0.1, 0.15) is 30.8 Å². The van der Waals surface area contributed by atoms with E-state index in [1.54, 1.807) is 25.1 Å². The monoisotopic (exact) mass is 1300 g/mol. The highest BCUT2D eigenvalue weighted by Gasteiger charge is 2.54. The number of rotatable bonds is 24. The first-order valence-electron chi connectivity index (χ1n) is 24.8. The quantitative estimate of drug-likeness (QED) is 0.0785. The lowest BCUT2D eigenvalue weighted by Gasteiger charge is -2.37. The molecule has 1 fully saturated rings. The molecule has 83 heavy (non-hydrogen) atoms. The first-order valence-corrected chi connectivity index (χ1v) is 26.4. The molecule has 2 aromatic rings. The second-order valence-corrected chi connectivity index (χ2v) is 20.0. The molecule has 0 aromatic heterocycles. The third kappa shape index (κ3) is 23.2. The van der Waals surface area contributed by atoms with Gasteiger partial charge in [-0.2, -0.15) is 0 Å². The minimum absolute atomic E-state index is 0.00994. The van der Waals surface area contributed by atoms with Crippen molar-refractivity contribution in [2.45, 2.75) is 151 Å². The van der Waals surface area contributed by atoms with Gasteiger partial charge in [0.2, 0.25) is 11.8 Å². The van der Waals surface area contributed by atoms with Crippen LogP contribution in [0.25, 0.3) is 5.70 Å². The van der Waals surface area contributed by atoms with E-state index < -0.39 is 152 Å². The molecule has 0 radical (unpaired) electrons. The number of carbonyl (C=O) groups is 13. The number of ether oxygens (including phenoxy) is 12. The summed E-state index contributed by atoms with van der Waals surface area (Å²) in [6.45, 7) is 18.1. The van der Waals surface area contributed by atoms with Crippen LogP contribution in [-0.4, -0.2) is 162 Å². The Morgan fingerprint density at radius 2 is 0.940 bits per heavy atom. The van der Waals surface area contributed by atoms with Crippen LogP contribution >= 0.6 is 31.9 Å². The zero-order chi connectivity index (χ0) is 63.4. The summed E-state index contributed by atoms with van der Waals surface area (Å²) in [6.07, 6.45) is -12.1. The van der Waals surface area contributed by atoms with E-state index in [0.717, 1.165) is 67.2 Å². The third-order valence-corrected chi connectivity index (χ3v) is 12.1. The van der Waals surface area contributed by atoms with E-state index in [1.165, 1.54) is 50.8 Å². The van der Waals surface area contributed by atoms with Gasteiger partial charge in [-0.05, 0) is 43.3 Å². The summed E-state index contributed by atoms with van der Waals surface area (Å²) in [5, 5.41) is 0. The second-order valence-electron chi connectivity index (χ2n) is 18.2. The summed E-state index contributed by atoms with van der Waals surface area (Å²) in [6, 6.07) is 9.33. The lowest BCUT2D eigenvalue weighted by atomic mass is 10.0. The van der Waals surface area contributed by atoms with Crippen LogP contribution in [0.15, 0.2) is 51.9 Å². The van der Waals surface area contributed by atoms with Crippen LogP contribution in [-0.2, 0) is 115 Å². The molecule has 0 N–H and O–H groups in total. The standard InChI is InChI=1S/C28H34BrNO13.C26H32BrNO12/c1-14(23-11-22(29)9-10-24(23)39-17(4)33)30(15(2)31)12-25(40-18(5)34)27(42-20(7)36)28(43-21(8)37)26(41-19(6)35)13-38-16(3)32;1-13(29)28-11-22(40-26(28,7)20-10-19(27)8-9-21(20)36-15(3)31)24(38-17(5)33)25(39-18(6)34)23(37-16(4)32)12-35-14(2)30/h9-11,25-28H,1,12-13H2,2-8H3;8-10,22-25H,11-12H2,1-7H3/t25-,26+,27+,28+;22-,23+,24+,25+,26-/m00/s1. The minimum atomic E-state index is -1.71. The fraction of sp³-hybridized carbons (Fsp3) is 0.500. The van der Waals surface area contributed by atoms with Crippen LogP contribution in [0, 0.1) is 0 Å². The molecule has 2 amide bonds. The summed E-state index contributed by atoms with van der Waals surface area (Å²) in [5.41, 5.74) is -1.09. The molecular formula is C54H66Br2N2O25. The third-order valence-electron chi connectivity index (χ3n) is 11.1. The summed E-state index contributed by atoms with van der Waals surface area (Å²) in [7, 11) is 0. The molecule has 27 nitrogen and oxygen atoms in total. The van der Waals surface area contributed by atoms with Gasteiger partial charge in [0, 0.05) is 116 Å². The smallest absolute Gasteiger partial charge is 0.308 e. The maximum absolute atomic E-state index is 12.9. The second kappa shape index (κ2) is 32.7. The van der Waals surface area contributed by atoms with E-state index in [9.17, 15) is 62.3 Å². The molecular weight excluding hydrogens is 1240 g/mol. The highest BCUT2D eigenvalue weighted by atomic mass is 79.9. The summed E-state index contributed by atoms with van der Waals surface area (Å²) >= 11 is 6.69. The topological polar surface area (TPSA) is 339 Å². The molecule has 1 saturated heterocycles. The van der Waals surface area contributed by atoms with Gasteiger partial charge < -0.3 is 66.6 Å². The maximum atomic E-state index is 12.9. The minimum Gasteiger partial charge on any atom is -0.462 e. The fourth-order valence-corrected chi connectivity index (χ4v) is 8.94. The van der Waals surface area contributed by atoms with Crippen LogP contribution in [0.4, 0.5) is 0 Å².